The van der Waals surface area contributed by atoms with Crippen molar-refractivity contribution >= 4 is 11.6 Å². The van der Waals surface area contributed by atoms with E-state index >= 15 is 0 Å². The third kappa shape index (κ3) is 2.76. The zero-order valence-corrected chi connectivity index (χ0v) is 9.90. The highest BCUT2D eigenvalue weighted by atomic mass is 16.3. The molecule has 0 unspecified atom stereocenters. The van der Waals surface area contributed by atoms with Crippen molar-refractivity contribution in [1.29, 1.82) is 0 Å². The summed E-state index contributed by atoms with van der Waals surface area (Å²) in [6.07, 6.45) is 1.68. The fraction of sp³-hybridized carbons (Fsp3) is 0.545. The van der Waals surface area contributed by atoms with Crippen LogP contribution in [0.4, 0.5) is 5.69 Å². The average molecular weight is 225 g/mol. The molecule has 0 saturated carbocycles. The fourth-order valence-corrected chi connectivity index (χ4v) is 1.48. The van der Waals surface area contributed by atoms with Gasteiger partial charge in [0.25, 0.3) is 5.91 Å². The SMILES string of the molecule is CC(C)[C@@H](CO)NC(=O)c1cc(N)cn1C. The normalized spacial score (nSPS) is 12.8. The summed E-state index contributed by atoms with van der Waals surface area (Å²) in [6.45, 7) is 3.82. The first-order valence-corrected chi connectivity index (χ1v) is 5.29. The van der Waals surface area contributed by atoms with Crippen molar-refractivity contribution in [2.75, 3.05) is 12.3 Å². The van der Waals surface area contributed by atoms with Crippen LogP contribution in [0, 0.1) is 5.92 Å². The van der Waals surface area contributed by atoms with Crippen LogP contribution in [0.2, 0.25) is 0 Å². The highest BCUT2D eigenvalue weighted by molar-refractivity contribution is 5.94. The van der Waals surface area contributed by atoms with Crippen LogP contribution in [-0.2, 0) is 7.05 Å². The lowest BCUT2D eigenvalue weighted by atomic mass is 10.1. The van der Waals surface area contributed by atoms with Gasteiger partial charge in [-0.05, 0) is 12.0 Å². The number of hydrogen-bond donors (Lipinski definition) is 3. The monoisotopic (exact) mass is 225 g/mol. The number of anilines is 1. The number of amides is 1. The van der Waals surface area contributed by atoms with Crippen LogP contribution < -0.4 is 11.1 Å². The molecule has 1 aromatic heterocycles. The van der Waals surface area contributed by atoms with E-state index in [1.807, 2.05) is 13.8 Å². The summed E-state index contributed by atoms with van der Waals surface area (Å²) in [4.78, 5) is 11.9. The minimum Gasteiger partial charge on any atom is -0.397 e. The molecule has 1 aromatic rings. The Morgan fingerprint density at radius 3 is 2.62 bits per heavy atom. The minimum atomic E-state index is -0.233. The van der Waals surface area contributed by atoms with Crippen LogP contribution in [0.5, 0.6) is 0 Å². The molecule has 0 bridgehead atoms. The zero-order chi connectivity index (χ0) is 12.3. The number of nitrogens with two attached hydrogens (primary N) is 1. The summed E-state index contributed by atoms with van der Waals surface area (Å²) >= 11 is 0. The van der Waals surface area contributed by atoms with E-state index in [0.717, 1.165) is 0 Å². The molecule has 1 rings (SSSR count). The maximum atomic E-state index is 11.9. The molecule has 0 aromatic carbocycles. The third-order valence-electron chi connectivity index (χ3n) is 2.58. The first kappa shape index (κ1) is 12.6. The maximum Gasteiger partial charge on any atom is 0.268 e. The summed E-state index contributed by atoms with van der Waals surface area (Å²) < 4.78 is 1.67. The molecule has 0 aliphatic heterocycles. The van der Waals surface area contributed by atoms with Gasteiger partial charge in [0.1, 0.15) is 5.69 Å². The van der Waals surface area contributed by atoms with E-state index < -0.39 is 0 Å². The Hall–Kier alpha value is -1.49. The number of aromatic nitrogens is 1. The zero-order valence-electron chi connectivity index (χ0n) is 9.90. The second-order valence-corrected chi connectivity index (χ2v) is 4.28. The van der Waals surface area contributed by atoms with Crippen LogP contribution in [0.15, 0.2) is 12.3 Å². The molecule has 0 fully saturated rings. The Morgan fingerprint density at radius 2 is 2.25 bits per heavy atom. The van der Waals surface area contributed by atoms with Gasteiger partial charge in [-0.2, -0.15) is 0 Å². The van der Waals surface area contributed by atoms with Crippen LogP contribution in [0.1, 0.15) is 24.3 Å². The number of aliphatic hydroxyl groups excluding tert-OH is 1. The van der Waals surface area contributed by atoms with Gasteiger partial charge in [0, 0.05) is 13.2 Å². The van der Waals surface area contributed by atoms with E-state index in [4.69, 9.17) is 10.8 Å². The Bertz CT molecular complexity index is 371. The number of aliphatic hydroxyl groups is 1. The summed E-state index contributed by atoms with van der Waals surface area (Å²) in [6, 6.07) is 1.38. The lowest BCUT2D eigenvalue weighted by Gasteiger charge is -2.19. The van der Waals surface area contributed by atoms with Gasteiger partial charge in [-0.25, -0.2) is 0 Å². The molecular weight excluding hydrogens is 206 g/mol. The first-order chi connectivity index (χ1) is 7.45. The van der Waals surface area contributed by atoms with Gasteiger partial charge in [-0.1, -0.05) is 13.8 Å². The van der Waals surface area contributed by atoms with Crippen molar-refractivity contribution in [3.05, 3.63) is 18.0 Å². The molecule has 0 aliphatic carbocycles. The van der Waals surface area contributed by atoms with Gasteiger partial charge in [0.15, 0.2) is 0 Å². The van der Waals surface area contributed by atoms with Crippen molar-refractivity contribution in [2.45, 2.75) is 19.9 Å². The van der Waals surface area contributed by atoms with Crippen molar-refractivity contribution in [1.82, 2.24) is 9.88 Å². The predicted octanol–water partition coefficient (Wildman–Crippen LogP) is 0.354. The first-order valence-electron chi connectivity index (χ1n) is 5.29. The molecule has 5 nitrogen and oxygen atoms in total. The van der Waals surface area contributed by atoms with Gasteiger partial charge in [-0.15, -0.1) is 0 Å². The molecule has 1 atom stereocenters. The number of nitrogens with one attached hydrogen (secondary N) is 1. The molecule has 0 saturated heterocycles. The molecular formula is C11H19N3O2. The summed E-state index contributed by atoms with van der Waals surface area (Å²) in [7, 11) is 1.76. The Balaban J connectivity index is 2.75. The second kappa shape index (κ2) is 5.03. The van der Waals surface area contributed by atoms with Crippen molar-refractivity contribution < 1.29 is 9.90 Å². The van der Waals surface area contributed by atoms with Crippen LogP contribution >= 0.6 is 0 Å². The number of nitrogen functional groups attached to an aromatic ring is 1. The number of aryl methyl sites for hydroxylation is 1. The van der Waals surface area contributed by atoms with Crippen LogP contribution in [-0.4, -0.2) is 28.2 Å². The largest absolute Gasteiger partial charge is 0.397 e. The summed E-state index contributed by atoms with van der Waals surface area (Å²) in [5.74, 6) is -0.0292. The summed E-state index contributed by atoms with van der Waals surface area (Å²) in [5.41, 5.74) is 6.64. The molecule has 90 valence electrons. The van der Waals surface area contributed by atoms with Gasteiger partial charge in [0.05, 0.1) is 18.3 Å². The number of carbonyl (C=O) groups is 1. The Labute approximate surface area is 95.3 Å². The van der Waals surface area contributed by atoms with Gasteiger partial charge < -0.3 is 20.7 Å². The van der Waals surface area contributed by atoms with Crippen LogP contribution in [0.3, 0.4) is 0 Å². The molecule has 5 heteroatoms. The lowest BCUT2D eigenvalue weighted by molar-refractivity contribution is 0.0888. The number of rotatable bonds is 4. The maximum absolute atomic E-state index is 11.9. The molecule has 16 heavy (non-hydrogen) atoms. The van der Waals surface area contributed by atoms with Crippen LogP contribution in [0.25, 0.3) is 0 Å². The third-order valence-corrected chi connectivity index (χ3v) is 2.58. The van der Waals surface area contributed by atoms with Gasteiger partial charge in [-0.3, -0.25) is 4.79 Å². The minimum absolute atomic E-state index is 0.0662. The summed E-state index contributed by atoms with van der Waals surface area (Å²) in [5, 5.41) is 11.9. The molecule has 1 amide bonds. The smallest absolute Gasteiger partial charge is 0.268 e. The molecule has 4 N–H and O–H groups in total. The molecule has 0 aliphatic rings. The highest BCUT2D eigenvalue weighted by Crippen LogP contribution is 2.09. The number of hydrogen-bond acceptors (Lipinski definition) is 3. The quantitative estimate of drug-likeness (QED) is 0.692. The van der Waals surface area contributed by atoms with E-state index in [-0.39, 0.29) is 24.5 Å². The highest BCUT2D eigenvalue weighted by Gasteiger charge is 2.18. The predicted molar refractivity (Wildman–Crippen MR) is 63.0 cm³/mol. The lowest BCUT2D eigenvalue weighted by Crippen LogP contribution is -2.41. The van der Waals surface area contributed by atoms with Gasteiger partial charge >= 0.3 is 0 Å². The molecule has 1 heterocycles. The van der Waals surface area contributed by atoms with Crippen molar-refractivity contribution in [2.24, 2.45) is 13.0 Å². The van der Waals surface area contributed by atoms with E-state index in [2.05, 4.69) is 5.32 Å². The van der Waals surface area contributed by atoms with E-state index in [0.29, 0.717) is 11.4 Å². The standard InChI is InChI=1S/C11H19N3O2/c1-7(2)9(6-15)13-11(16)10-4-8(12)5-14(10)3/h4-5,7,9,15H,6,12H2,1-3H3,(H,13,16)/t9-/m1/s1. The van der Waals surface area contributed by atoms with E-state index in [1.165, 1.54) is 0 Å². The van der Waals surface area contributed by atoms with Crippen molar-refractivity contribution in [3.63, 3.8) is 0 Å². The molecule has 0 spiro atoms. The van der Waals surface area contributed by atoms with Crippen molar-refractivity contribution in [3.8, 4) is 0 Å². The molecule has 0 radical (unpaired) electrons. The van der Waals surface area contributed by atoms with E-state index in [1.54, 1.807) is 23.9 Å². The fourth-order valence-electron chi connectivity index (χ4n) is 1.48. The number of nitrogens with zero attached hydrogens (tertiary/aromatic N) is 1. The average Bonchev–Trinajstić information content (AvgIpc) is 2.53. The second-order valence-electron chi connectivity index (χ2n) is 4.28. The van der Waals surface area contributed by atoms with Gasteiger partial charge in [0.2, 0.25) is 0 Å². The number of carbonyl (C=O) groups excluding carboxylic acids is 1. The Morgan fingerprint density at radius 1 is 1.62 bits per heavy atom. The Kier molecular flexibility index (Phi) is 3.95. The van der Waals surface area contributed by atoms with E-state index in [9.17, 15) is 4.79 Å². The topological polar surface area (TPSA) is 80.3 Å².